The van der Waals surface area contributed by atoms with Crippen LogP contribution in [0.1, 0.15) is 31.7 Å². The zero-order chi connectivity index (χ0) is 12.4. The molecule has 0 saturated heterocycles. The number of anilines is 1. The lowest BCUT2D eigenvalue weighted by atomic mass is 10.1. The fraction of sp³-hybridized carbons (Fsp3) is 0.462. The average molecular weight is 313 g/mol. The second kappa shape index (κ2) is 5.36. The lowest BCUT2D eigenvalue weighted by Crippen LogP contribution is -2.16. The highest BCUT2D eigenvalue weighted by Crippen LogP contribution is 2.30. The second-order valence-corrected chi connectivity index (χ2v) is 6.11. The number of nitrogens with two attached hydrogens (primary N) is 1. The van der Waals surface area contributed by atoms with Crippen LogP contribution in [0.15, 0.2) is 22.7 Å². The third kappa shape index (κ3) is 3.19. The Morgan fingerprint density at radius 3 is 2.76 bits per heavy atom. The first-order chi connectivity index (χ1) is 8.06. The molecule has 0 heterocycles. The molecule has 0 aromatic heterocycles. The van der Waals surface area contributed by atoms with E-state index in [1.165, 1.54) is 19.3 Å². The van der Waals surface area contributed by atoms with Crippen molar-refractivity contribution in [3.05, 3.63) is 28.2 Å². The highest BCUT2D eigenvalue weighted by atomic mass is 79.9. The molecule has 2 nitrogen and oxygen atoms in total. The number of hydrogen-bond acceptors (Lipinski definition) is 2. The van der Waals surface area contributed by atoms with E-state index in [-0.39, 0.29) is 0 Å². The number of nitrogens with one attached hydrogen (secondary N) is 1. The minimum absolute atomic E-state index is 0.437. The molecule has 0 bridgehead atoms. The molecule has 2 unspecified atom stereocenters. The Morgan fingerprint density at radius 2 is 2.24 bits per heavy atom. The molecule has 1 saturated carbocycles. The quantitative estimate of drug-likeness (QED) is 0.836. The summed E-state index contributed by atoms with van der Waals surface area (Å²) < 4.78 is 1.03. The molecule has 1 aromatic carbocycles. The molecule has 2 atom stereocenters. The van der Waals surface area contributed by atoms with Crippen LogP contribution in [0.4, 0.5) is 5.69 Å². The summed E-state index contributed by atoms with van der Waals surface area (Å²) in [5.41, 5.74) is 7.63. The minimum Gasteiger partial charge on any atom is -0.389 e. The van der Waals surface area contributed by atoms with Gasteiger partial charge in [0.25, 0.3) is 0 Å². The van der Waals surface area contributed by atoms with Crippen LogP contribution in [-0.4, -0.2) is 11.0 Å². The Labute approximate surface area is 116 Å². The van der Waals surface area contributed by atoms with E-state index in [2.05, 4.69) is 28.2 Å². The minimum atomic E-state index is 0.437. The van der Waals surface area contributed by atoms with Crippen LogP contribution >= 0.6 is 28.1 Å². The van der Waals surface area contributed by atoms with Gasteiger partial charge in [-0.1, -0.05) is 19.1 Å². The van der Waals surface area contributed by atoms with Crippen molar-refractivity contribution >= 4 is 38.8 Å². The van der Waals surface area contributed by atoms with Crippen molar-refractivity contribution in [3.8, 4) is 0 Å². The predicted molar refractivity (Wildman–Crippen MR) is 80.5 cm³/mol. The van der Waals surface area contributed by atoms with E-state index in [0.717, 1.165) is 21.6 Å². The summed E-state index contributed by atoms with van der Waals surface area (Å²) in [6.07, 6.45) is 3.83. The monoisotopic (exact) mass is 312 g/mol. The molecule has 0 aliphatic heterocycles. The fourth-order valence-corrected chi connectivity index (χ4v) is 2.96. The van der Waals surface area contributed by atoms with E-state index in [9.17, 15) is 0 Å². The third-order valence-corrected chi connectivity index (χ3v) is 4.20. The summed E-state index contributed by atoms with van der Waals surface area (Å²) in [5.74, 6) is 0.835. The molecule has 0 radical (unpaired) electrons. The first-order valence-electron chi connectivity index (χ1n) is 5.92. The van der Waals surface area contributed by atoms with Crippen molar-refractivity contribution in [2.75, 3.05) is 5.32 Å². The molecule has 1 aliphatic carbocycles. The van der Waals surface area contributed by atoms with Gasteiger partial charge < -0.3 is 11.1 Å². The second-order valence-electron chi connectivity index (χ2n) is 4.82. The van der Waals surface area contributed by atoms with Crippen LogP contribution in [0.25, 0.3) is 0 Å². The number of thiocarbonyl (C=S) groups is 1. The molecule has 0 amide bonds. The molecule has 4 heteroatoms. The largest absolute Gasteiger partial charge is 0.389 e. The number of hydrogen-bond donors (Lipinski definition) is 2. The summed E-state index contributed by atoms with van der Waals surface area (Å²) in [5, 5.41) is 3.57. The molecule has 1 aliphatic rings. The van der Waals surface area contributed by atoms with Gasteiger partial charge in [-0.2, -0.15) is 0 Å². The normalized spacial score (nSPS) is 23.6. The molecular formula is C13H17BrN2S. The van der Waals surface area contributed by atoms with Gasteiger partial charge in [-0.05, 0) is 59.3 Å². The van der Waals surface area contributed by atoms with E-state index in [1.807, 2.05) is 18.2 Å². The van der Waals surface area contributed by atoms with Crippen LogP contribution in [0.2, 0.25) is 0 Å². The predicted octanol–water partition coefficient (Wildman–Crippen LogP) is 3.68. The molecule has 0 spiro atoms. The van der Waals surface area contributed by atoms with Crippen molar-refractivity contribution in [2.45, 2.75) is 32.2 Å². The van der Waals surface area contributed by atoms with E-state index in [1.54, 1.807) is 0 Å². The summed E-state index contributed by atoms with van der Waals surface area (Å²) in [6, 6.07) is 6.58. The zero-order valence-corrected chi connectivity index (χ0v) is 12.3. The summed E-state index contributed by atoms with van der Waals surface area (Å²) in [6.45, 7) is 2.31. The van der Waals surface area contributed by atoms with Crippen molar-refractivity contribution in [1.29, 1.82) is 0 Å². The average Bonchev–Trinajstić information content (AvgIpc) is 2.67. The maximum Gasteiger partial charge on any atom is 0.104 e. The van der Waals surface area contributed by atoms with Crippen LogP contribution in [0.5, 0.6) is 0 Å². The number of halogens is 1. The SMILES string of the molecule is CC1CCC(Nc2ccc(C(N)=S)cc2Br)C1. The molecular weight excluding hydrogens is 296 g/mol. The van der Waals surface area contributed by atoms with Crippen LogP contribution in [-0.2, 0) is 0 Å². The van der Waals surface area contributed by atoms with Crippen molar-refractivity contribution in [3.63, 3.8) is 0 Å². The Hall–Kier alpha value is -0.610. The van der Waals surface area contributed by atoms with Gasteiger partial charge in [0.1, 0.15) is 4.99 Å². The lowest BCUT2D eigenvalue weighted by Gasteiger charge is -2.16. The smallest absolute Gasteiger partial charge is 0.104 e. The topological polar surface area (TPSA) is 38.0 Å². The molecule has 2 rings (SSSR count). The van der Waals surface area contributed by atoms with Crippen LogP contribution in [0, 0.1) is 5.92 Å². The van der Waals surface area contributed by atoms with Crippen molar-refractivity contribution in [2.24, 2.45) is 11.7 Å². The van der Waals surface area contributed by atoms with Crippen LogP contribution < -0.4 is 11.1 Å². The first kappa shape index (κ1) is 12.8. The van der Waals surface area contributed by atoms with Gasteiger partial charge in [0, 0.05) is 21.8 Å². The molecule has 1 fully saturated rings. The van der Waals surface area contributed by atoms with E-state index < -0.39 is 0 Å². The maximum absolute atomic E-state index is 5.60. The molecule has 1 aromatic rings. The number of benzene rings is 1. The third-order valence-electron chi connectivity index (χ3n) is 3.31. The van der Waals surface area contributed by atoms with E-state index >= 15 is 0 Å². The van der Waals surface area contributed by atoms with Gasteiger partial charge in [0.2, 0.25) is 0 Å². The highest BCUT2D eigenvalue weighted by molar-refractivity contribution is 9.10. The van der Waals surface area contributed by atoms with E-state index in [4.69, 9.17) is 18.0 Å². The van der Waals surface area contributed by atoms with Gasteiger partial charge in [0.15, 0.2) is 0 Å². The lowest BCUT2D eigenvalue weighted by molar-refractivity contribution is 0.602. The number of rotatable bonds is 3. The zero-order valence-electron chi connectivity index (χ0n) is 9.87. The highest BCUT2D eigenvalue weighted by Gasteiger charge is 2.21. The summed E-state index contributed by atoms with van der Waals surface area (Å²) in [4.78, 5) is 0.437. The molecule has 17 heavy (non-hydrogen) atoms. The summed E-state index contributed by atoms with van der Waals surface area (Å²) >= 11 is 8.52. The molecule has 3 N–H and O–H groups in total. The van der Waals surface area contributed by atoms with E-state index in [0.29, 0.717) is 11.0 Å². The van der Waals surface area contributed by atoms with Crippen molar-refractivity contribution in [1.82, 2.24) is 0 Å². The molecule has 92 valence electrons. The Kier molecular flexibility index (Phi) is 4.05. The van der Waals surface area contributed by atoms with Gasteiger partial charge >= 0.3 is 0 Å². The fourth-order valence-electron chi connectivity index (χ4n) is 2.34. The van der Waals surface area contributed by atoms with Crippen LogP contribution in [0.3, 0.4) is 0 Å². The first-order valence-corrected chi connectivity index (χ1v) is 7.12. The van der Waals surface area contributed by atoms with Gasteiger partial charge in [0.05, 0.1) is 0 Å². The maximum atomic E-state index is 5.60. The van der Waals surface area contributed by atoms with Gasteiger partial charge in [-0.3, -0.25) is 0 Å². The van der Waals surface area contributed by atoms with Gasteiger partial charge in [-0.15, -0.1) is 0 Å². The Balaban J connectivity index is 2.09. The summed E-state index contributed by atoms with van der Waals surface area (Å²) in [7, 11) is 0. The van der Waals surface area contributed by atoms with Crippen molar-refractivity contribution < 1.29 is 0 Å². The standard InChI is InChI=1S/C13H17BrN2S/c1-8-2-4-10(6-8)16-12-5-3-9(13(15)17)7-11(12)14/h3,5,7-8,10,16H,2,4,6H2,1H3,(H2,15,17). The van der Waals surface area contributed by atoms with Gasteiger partial charge in [-0.25, -0.2) is 0 Å². The Morgan fingerprint density at radius 1 is 1.47 bits per heavy atom. The Bertz CT molecular complexity index is 433.